The molecule has 0 bridgehead atoms. The molecule has 0 aromatic heterocycles. The van der Waals surface area contributed by atoms with Gasteiger partial charge in [-0.25, -0.2) is 8.42 Å². The van der Waals surface area contributed by atoms with Gasteiger partial charge in [0.1, 0.15) is 0 Å². The van der Waals surface area contributed by atoms with Crippen LogP contribution < -0.4 is 10.3 Å². The molecular weight excluding hydrogens is 264 g/mol. The molecule has 1 aromatic carbocycles. The highest BCUT2D eigenvalue weighted by atomic mass is 32.2. The fourth-order valence-electron chi connectivity index (χ4n) is 2.15. The quantitative estimate of drug-likeness (QED) is 0.817. The highest BCUT2D eigenvalue weighted by molar-refractivity contribution is 7.89. The predicted octanol–water partition coefficient (Wildman–Crippen LogP) is 1.28. The van der Waals surface area contributed by atoms with Gasteiger partial charge in [0, 0.05) is 6.42 Å². The lowest BCUT2D eigenvalue weighted by atomic mass is 9.92. The van der Waals surface area contributed by atoms with Gasteiger partial charge in [-0.3, -0.25) is 10.2 Å². The van der Waals surface area contributed by atoms with Crippen LogP contribution in [0.15, 0.2) is 23.1 Å². The Kier molecular flexibility index (Phi) is 4.21. The van der Waals surface area contributed by atoms with Crippen LogP contribution in [0.4, 0.5) is 0 Å². The summed E-state index contributed by atoms with van der Waals surface area (Å²) in [5, 5.41) is 0. The highest BCUT2D eigenvalue weighted by Gasteiger charge is 2.17. The Balaban J connectivity index is 2.18. The Labute approximate surface area is 113 Å². The number of hydrogen-bond donors (Lipinski definition) is 2. The number of sulfonamides is 1. The molecule has 0 atom stereocenters. The minimum Gasteiger partial charge on any atom is -0.278 e. The van der Waals surface area contributed by atoms with Gasteiger partial charge in [0.05, 0.1) is 4.90 Å². The van der Waals surface area contributed by atoms with Gasteiger partial charge >= 0.3 is 0 Å². The van der Waals surface area contributed by atoms with Crippen LogP contribution >= 0.6 is 0 Å². The van der Waals surface area contributed by atoms with Gasteiger partial charge in [0.25, 0.3) is 10.0 Å². The van der Waals surface area contributed by atoms with Crippen molar-refractivity contribution in [2.45, 2.75) is 43.9 Å². The molecule has 0 heterocycles. The summed E-state index contributed by atoms with van der Waals surface area (Å²) in [6.45, 7) is 1.66. The maximum atomic E-state index is 12.0. The van der Waals surface area contributed by atoms with E-state index in [4.69, 9.17) is 0 Å². The molecule has 104 valence electrons. The fourth-order valence-corrected chi connectivity index (χ4v) is 3.06. The molecule has 2 rings (SSSR count). The van der Waals surface area contributed by atoms with Crippen LogP contribution in [-0.4, -0.2) is 14.3 Å². The molecular formula is C13H18N2O3S. The van der Waals surface area contributed by atoms with Crippen molar-refractivity contribution in [2.75, 3.05) is 0 Å². The second-order valence-corrected chi connectivity index (χ2v) is 6.33. The predicted molar refractivity (Wildman–Crippen MR) is 71.8 cm³/mol. The average Bonchev–Trinajstić information content (AvgIpc) is 2.44. The molecule has 1 aliphatic rings. The van der Waals surface area contributed by atoms with Crippen molar-refractivity contribution in [1.29, 1.82) is 0 Å². The largest absolute Gasteiger partial charge is 0.278 e. The molecule has 0 saturated heterocycles. The molecule has 0 fully saturated rings. The van der Waals surface area contributed by atoms with Gasteiger partial charge in [0.2, 0.25) is 5.91 Å². The zero-order valence-corrected chi connectivity index (χ0v) is 11.7. The molecule has 1 aromatic rings. The first-order chi connectivity index (χ1) is 9.03. The maximum Gasteiger partial charge on any atom is 0.257 e. The third kappa shape index (κ3) is 3.33. The number of nitrogens with one attached hydrogen (secondary N) is 2. The summed E-state index contributed by atoms with van der Waals surface area (Å²) in [4.78, 5) is 13.4. The molecule has 5 nitrogen and oxygen atoms in total. The van der Waals surface area contributed by atoms with Gasteiger partial charge in [-0.1, -0.05) is 13.0 Å². The van der Waals surface area contributed by atoms with Gasteiger partial charge in [-0.2, -0.15) is 0 Å². The molecule has 19 heavy (non-hydrogen) atoms. The number of carbonyl (C=O) groups excluding carboxylic acids is 1. The van der Waals surface area contributed by atoms with E-state index >= 15 is 0 Å². The first-order valence-corrected chi connectivity index (χ1v) is 7.93. The lowest BCUT2D eigenvalue weighted by Crippen LogP contribution is -2.41. The molecule has 1 amide bonds. The molecule has 0 spiro atoms. The number of hydrogen-bond acceptors (Lipinski definition) is 3. The van der Waals surface area contributed by atoms with Gasteiger partial charge < -0.3 is 0 Å². The van der Waals surface area contributed by atoms with E-state index in [0.29, 0.717) is 0 Å². The van der Waals surface area contributed by atoms with E-state index in [1.54, 1.807) is 19.1 Å². The highest BCUT2D eigenvalue weighted by Crippen LogP contribution is 2.23. The van der Waals surface area contributed by atoms with E-state index < -0.39 is 10.0 Å². The summed E-state index contributed by atoms with van der Waals surface area (Å²) in [5.41, 5.74) is 4.49. The third-order valence-electron chi connectivity index (χ3n) is 3.28. The second-order valence-electron chi connectivity index (χ2n) is 4.64. The molecule has 0 saturated carbocycles. The zero-order chi connectivity index (χ0) is 13.9. The van der Waals surface area contributed by atoms with E-state index in [0.717, 1.165) is 31.2 Å². The Morgan fingerprint density at radius 3 is 2.58 bits per heavy atom. The van der Waals surface area contributed by atoms with Gasteiger partial charge in [0.15, 0.2) is 0 Å². The zero-order valence-electron chi connectivity index (χ0n) is 10.9. The lowest BCUT2D eigenvalue weighted by molar-refractivity contribution is -0.121. The first kappa shape index (κ1) is 14.0. The number of rotatable bonds is 4. The Morgan fingerprint density at radius 1 is 1.21 bits per heavy atom. The number of benzene rings is 1. The summed E-state index contributed by atoms with van der Waals surface area (Å²) in [6.07, 6.45) is 4.41. The fraction of sp³-hybridized carbons (Fsp3) is 0.462. The standard InChI is InChI=1S/C13H18N2O3S/c1-2-13(16)14-15-19(17,18)12-8-7-10-5-3-4-6-11(10)9-12/h7-9,15H,2-6H2,1H3,(H,14,16). The number of aryl methyl sites for hydroxylation is 2. The van der Waals surface area contributed by atoms with Crippen molar-refractivity contribution >= 4 is 15.9 Å². The van der Waals surface area contributed by atoms with Crippen LogP contribution in [0.25, 0.3) is 0 Å². The summed E-state index contributed by atoms with van der Waals surface area (Å²) in [5.74, 6) is -0.360. The molecule has 1 aliphatic carbocycles. The summed E-state index contributed by atoms with van der Waals surface area (Å²) >= 11 is 0. The second kappa shape index (κ2) is 5.71. The topological polar surface area (TPSA) is 75.3 Å². The minimum absolute atomic E-state index is 0.199. The minimum atomic E-state index is -3.68. The van der Waals surface area contributed by atoms with Gasteiger partial charge in [-0.05, 0) is 48.9 Å². The van der Waals surface area contributed by atoms with Crippen molar-refractivity contribution in [3.05, 3.63) is 29.3 Å². The van der Waals surface area contributed by atoms with E-state index in [1.165, 1.54) is 5.56 Å². The SMILES string of the molecule is CCC(=O)NNS(=O)(=O)c1ccc2c(c1)CCCC2. The van der Waals surface area contributed by atoms with Crippen molar-refractivity contribution in [1.82, 2.24) is 10.3 Å². The van der Waals surface area contributed by atoms with E-state index in [1.807, 2.05) is 6.07 Å². The lowest BCUT2D eigenvalue weighted by Gasteiger charge is -2.16. The smallest absolute Gasteiger partial charge is 0.257 e. The Hall–Kier alpha value is -1.40. The van der Waals surface area contributed by atoms with Crippen LogP contribution in [0.2, 0.25) is 0 Å². The summed E-state index contributed by atoms with van der Waals surface area (Å²) in [7, 11) is -3.68. The number of hydrazine groups is 1. The monoisotopic (exact) mass is 282 g/mol. The molecule has 6 heteroatoms. The van der Waals surface area contributed by atoms with Crippen molar-refractivity contribution in [3.63, 3.8) is 0 Å². The Morgan fingerprint density at radius 2 is 1.89 bits per heavy atom. The van der Waals surface area contributed by atoms with E-state index in [2.05, 4.69) is 10.3 Å². The van der Waals surface area contributed by atoms with Crippen LogP contribution in [0.1, 0.15) is 37.3 Å². The number of amides is 1. The molecule has 2 N–H and O–H groups in total. The third-order valence-corrected chi connectivity index (χ3v) is 4.52. The molecule has 0 unspecified atom stereocenters. The molecule has 0 aliphatic heterocycles. The Bertz CT molecular complexity index is 582. The van der Waals surface area contributed by atoms with Crippen molar-refractivity contribution < 1.29 is 13.2 Å². The van der Waals surface area contributed by atoms with Crippen LogP contribution in [0, 0.1) is 0 Å². The average molecular weight is 282 g/mol. The van der Waals surface area contributed by atoms with Crippen LogP contribution in [0.5, 0.6) is 0 Å². The van der Waals surface area contributed by atoms with E-state index in [9.17, 15) is 13.2 Å². The van der Waals surface area contributed by atoms with Crippen LogP contribution in [0.3, 0.4) is 0 Å². The number of fused-ring (bicyclic) bond motifs is 1. The van der Waals surface area contributed by atoms with E-state index in [-0.39, 0.29) is 17.2 Å². The van der Waals surface area contributed by atoms with Crippen LogP contribution in [-0.2, 0) is 27.7 Å². The molecule has 0 radical (unpaired) electrons. The van der Waals surface area contributed by atoms with Crippen molar-refractivity contribution in [2.24, 2.45) is 0 Å². The summed E-state index contributed by atoms with van der Waals surface area (Å²) < 4.78 is 24.0. The summed E-state index contributed by atoms with van der Waals surface area (Å²) in [6, 6.07) is 5.16. The first-order valence-electron chi connectivity index (χ1n) is 6.45. The maximum absolute atomic E-state index is 12.0. The van der Waals surface area contributed by atoms with Gasteiger partial charge in [-0.15, -0.1) is 4.83 Å². The number of carbonyl (C=O) groups is 1. The van der Waals surface area contributed by atoms with Crippen molar-refractivity contribution in [3.8, 4) is 0 Å². The normalized spacial score (nSPS) is 14.8.